The average Bonchev–Trinajstić information content (AvgIpc) is 2.76. The predicted molar refractivity (Wildman–Crippen MR) is 133 cm³/mol. The van der Waals surface area contributed by atoms with Crippen molar-refractivity contribution in [2.24, 2.45) is 4.99 Å². The molecule has 0 aromatic heterocycles. The molecule has 10 heteroatoms. The normalized spacial score (nSPS) is 16.7. The Kier molecular flexibility index (Phi) is 9.96. The van der Waals surface area contributed by atoms with E-state index < -0.39 is 17.8 Å². The fourth-order valence-electron chi connectivity index (χ4n) is 3.50. The molecule has 6 nitrogen and oxygen atoms in total. The molecule has 2 aromatic carbocycles. The highest BCUT2D eigenvalue weighted by molar-refractivity contribution is 14.0. The monoisotopic (exact) mass is 576 g/mol. The zero-order valence-corrected chi connectivity index (χ0v) is 20.8. The summed E-state index contributed by atoms with van der Waals surface area (Å²) in [4.78, 5) is 18.0. The van der Waals surface area contributed by atoms with Crippen LogP contribution in [0.3, 0.4) is 0 Å². The number of amides is 1. The van der Waals surface area contributed by atoms with Gasteiger partial charge in [0.15, 0.2) is 5.96 Å². The Hall–Kier alpha value is -2.34. The second kappa shape index (κ2) is 12.2. The SMILES string of the molecule is CCNC(=NCc1cccc(NC(C)=O)c1)N1CCOC(c2cccc(C(F)(F)F)c2)C1.I. The lowest BCUT2D eigenvalue weighted by atomic mass is 10.0. The largest absolute Gasteiger partial charge is 0.416 e. The molecular weight excluding hydrogens is 548 g/mol. The molecule has 1 aliphatic rings. The molecule has 1 fully saturated rings. The lowest BCUT2D eigenvalue weighted by Gasteiger charge is -2.35. The zero-order valence-electron chi connectivity index (χ0n) is 18.5. The number of rotatable bonds is 5. The first-order valence-corrected chi connectivity index (χ1v) is 10.4. The molecule has 1 heterocycles. The molecule has 33 heavy (non-hydrogen) atoms. The van der Waals surface area contributed by atoms with Crippen LogP contribution >= 0.6 is 24.0 Å². The minimum absolute atomic E-state index is 0. The van der Waals surface area contributed by atoms with Gasteiger partial charge in [-0.1, -0.05) is 24.3 Å². The van der Waals surface area contributed by atoms with Crippen LogP contribution in [0.1, 0.15) is 36.6 Å². The maximum Gasteiger partial charge on any atom is 0.416 e. The summed E-state index contributed by atoms with van der Waals surface area (Å²) in [5, 5.41) is 6.00. The van der Waals surface area contributed by atoms with Gasteiger partial charge in [0.1, 0.15) is 6.10 Å². The van der Waals surface area contributed by atoms with Gasteiger partial charge in [0, 0.05) is 25.7 Å². The van der Waals surface area contributed by atoms with E-state index in [1.54, 1.807) is 12.1 Å². The highest BCUT2D eigenvalue weighted by Crippen LogP contribution is 2.32. The first kappa shape index (κ1) is 26.9. The highest BCUT2D eigenvalue weighted by atomic mass is 127. The van der Waals surface area contributed by atoms with Crippen molar-refractivity contribution in [1.29, 1.82) is 0 Å². The standard InChI is InChI=1S/C23H27F3N4O2.HI/c1-3-27-22(28-14-17-6-4-9-20(12-17)29-16(2)31)30-10-11-32-21(15-30)18-7-5-8-19(13-18)23(24,25)26;/h4-9,12-13,21H,3,10-11,14-15H2,1-2H3,(H,27,28)(H,29,31);1H. The topological polar surface area (TPSA) is 66.0 Å². The number of nitrogens with one attached hydrogen (secondary N) is 2. The number of alkyl halides is 3. The molecule has 1 saturated heterocycles. The molecule has 2 N–H and O–H groups in total. The lowest BCUT2D eigenvalue weighted by molar-refractivity contribution is -0.137. The lowest BCUT2D eigenvalue weighted by Crippen LogP contribution is -2.48. The van der Waals surface area contributed by atoms with Crippen molar-refractivity contribution < 1.29 is 22.7 Å². The van der Waals surface area contributed by atoms with Gasteiger partial charge in [-0.2, -0.15) is 13.2 Å². The molecule has 180 valence electrons. The summed E-state index contributed by atoms with van der Waals surface area (Å²) in [7, 11) is 0. The van der Waals surface area contributed by atoms with E-state index in [-0.39, 0.29) is 29.9 Å². The van der Waals surface area contributed by atoms with E-state index in [9.17, 15) is 18.0 Å². The van der Waals surface area contributed by atoms with Gasteiger partial charge in [0.2, 0.25) is 5.91 Å². The van der Waals surface area contributed by atoms with Crippen LogP contribution in [-0.2, 0) is 22.3 Å². The van der Waals surface area contributed by atoms with Crippen LogP contribution in [0.2, 0.25) is 0 Å². The van der Waals surface area contributed by atoms with Gasteiger partial charge in [0.05, 0.1) is 25.3 Å². The average molecular weight is 576 g/mol. The van der Waals surface area contributed by atoms with Crippen LogP contribution in [0, 0.1) is 0 Å². The molecular formula is C23H28F3IN4O2. The summed E-state index contributed by atoms with van der Waals surface area (Å²) in [6.45, 7) is 5.79. The Morgan fingerprint density at radius 1 is 1.21 bits per heavy atom. The van der Waals surface area contributed by atoms with Crippen LogP contribution in [0.4, 0.5) is 18.9 Å². The summed E-state index contributed by atoms with van der Waals surface area (Å²) in [5.74, 6) is 0.519. The van der Waals surface area contributed by atoms with Gasteiger partial charge in [-0.05, 0) is 42.3 Å². The van der Waals surface area contributed by atoms with Crippen LogP contribution in [-0.4, -0.2) is 43.0 Å². The zero-order chi connectivity index (χ0) is 23.1. The Balaban J connectivity index is 0.00000385. The molecule has 1 unspecified atom stereocenters. The van der Waals surface area contributed by atoms with E-state index in [4.69, 9.17) is 9.73 Å². The minimum atomic E-state index is -4.40. The van der Waals surface area contributed by atoms with Crippen molar-refractivity contribution >= 4 is 41.5 Å². The van der Waals surface area contributed by atoms with Gasteiger partial charge in [-0.3, -0.25) is 4.79 Å². The predicted octanol–water partition coefficient (Wildman–Crippen LogP) is 4.82. The first-order valence-electron chi connectivity index (χ1n) is 10.4. The number of carbonyl (C=O) groups is 1. The maximum absolute atomic E-state index is 13.1. The summed E-state index contributed by atoms with van der Waals surface area (Å²) >= 11 is 0. The van der Waals surface area contributed by atoms with E-state index in [0.29, 0.717) is 50.0 Å². The van der Waals surface area contributed by atoms with E-state index in [0.717, 1.165) is 17.7 Å². The fourth-order valence-corrected chi connectivity index (χ4v) is 3.50. The number of hydrogen-bond acceptors (Lipinski definition) is 3. The van der Waals surface area contributed by atoms with Crippen molar-refractivity contribution in [3.63, 3.8) is 0 Å². The molecule has 2 aromatic rings. The molecule has 0 spiro atoms. The molecule has 1 aliphatic heterocycles. The van der Waals surface area contributed by atoms with Crippen molar-refractivity contribution in [3.05, 3.63) is 65.2 Å². The molecule has 1 atom stereocenters. The summed E-state index contributed by atoms with van der Waals surface area (Å²) in [6.07, 6.45) is -4.88. The number of benzene rings is 2. The smallest absolute Gasteiger partial charge is 0.370 e. The molecule has 0 aliphatic carbocycles. The molecule has 0 bridgehead atoms. The Morgan fingerprint density at radius 3 is 2.67 bits per heavy atom. The minimum Gasteiger partial charge on any atom is -0.370 e. The second-order valence-corrected chi connectivity index (χ2v) is 7.48. The number of morpholine rings is 1. The van der Waals surface area contributed by atoms with Crippen LogP contribution < -0.4 is 10.6 Å². The second-order valence-electron chi connectivity index (χ2n) is 7.48. The van der Waals surface area contributed by atoms with E-state index in [1.165, 1.54) is 13.0 Å². The molecule has 0 radical (unpaired) electrons. The Labute approximate surface area is 208 Å². The third-order valence-electron chi connectivity index (χ3n) is 4.95. The Morgan fingerprint density at radius 2 is 1.97 bits per heavy atom. The van der Waals surface area contributed by atoms with Gasteiger partial charge in [0.25, 0.3) is 0 Å². The number of guanidine groups is 1. The number of hydrogen-bond donors (Lipinski definition) is 2. The number of halogens is 4. The third-order valence-corrected chi connectivity index (χ3v) is 4.95. The highest BCUT2D eigenvalue weighted by Gasteiger charge is 2.32. The van der Waals surface area contributed by atoms with Gasteiger partial charge < -0.3 is 20.3 Å². The number of aliphatic imine (C=N–C) groups is 1. The third kappa shape index (κ3) is 7.88. The summed E-state index contributed by atoms with van der Waals surface area (Å²) in [6, 6.07) is 12.7. The van der Waals surface area contributed by atoms with Gasteiger partial charge in [-0.15, -0.1) is 24.0 Å². The molecule has 0 saturated carbocycles. The van der Waals surface area contributed by atoms with Crippen LogP contribution in [0.15, 0.2) is 53.5 Å². The van der Waals surface area contributed by atoms with Crippen molar-refractivity contribution in [1.82, 2.24) is 10.2 Å². The van der Waals surface area contributed by atoms with E-state index >= 15 is 0 Å². The Bertz CT molecular complexity index is 969. The first-order chi connectivity index (χ1) is 15.3. The van der Waals surface area contributed by atoms with Crippen molar-refractivity contribution in [2.45, 2.75) is 32.7 Å². The summed E-state index contributed by atoms with van der Waals surface area (Å²) < 4.78 is 45.1. The summed E-state index contributed by atoms with van der Waals surface area (Å²) in [5.41, 5.74) is 1.43. The fraction of sp³-hybridized carbons (Fsp3) is 0.391. The van der Waals surface area contributed by atoms with Crippen LogP contribution in [0.25, 0.3) is 0 Å². The van der Waals surface area contributed by atoms with Crippen molar-refractivity contribution in [3.8, 4) is 0 Å². The van der Waals surface area contributed by atoms with E-state index in [2.05, 4.69) is 10.6 Å². The van der Waals surface area contributed by atoms with E-state index in [1.807, 2.05) is 30.0 Å². The number of nitrogens with zero attached hydrogens (tertiary/aromatic N) is 2. The quantitative estimate of drug-likeness (QED) is 0.305. The van der Waals surface area contributed by atoms with Crippen LogP contribution in [0.5, 0.6) is 0 Å². The van der Waals surface area contributed by atoms with Crippen molar-refractivity contribution in [2.75, 3.05) is 31.6 Å². The van der Waals surface area contributed by atoms with Gasteiger partial charge in [-0.25, -0.2) is 4.99 Å². The maximum atomic E-state index is 13.1. The molecule has 1 amide bonds. The number of ether oxygens (including phenoxy) is 1. The number of carbonyl (C=O) groups excluding carboxylic acids is 1. The number of anilines is 1. The molecule has 3 rings (SSSR count). The van der Waals surface area contributed by atoms with Gasteiger partial charge >= 0.3 is 6.18 Å².